The molecule has 3 aromatic heterocycles. The Morgan fingerprint density at radius 1 is 1.12 bits per heavy atom. The molecule has 9 heteroatoms. The summed E-state index contributed by atoms with van der Waals surface area (Å²) < 4.78 is 3.47. The van der Waals surface area contributed by atoms with Gasteiger partial charge in [0.2, 0.25) is 5.82 Å². The molecule has 0 radical (unpaired) electrons. The van der Waals surface area contributed by atoms with Gasteiger partial charge in [-0.3, -0.25) is 14.1 Å². The molecule has 1 aromatic carbocycles. The Kier molecular flexibility index (Phi) is 5.97. The molecule has 0 bridgehead atoms. The van der Waals surface area contributed by atoms with E-state index in [4.69, 9.17) is 11.6 Å². The summed E-state index contributed by atoms with van der Waals surface area (Å²) in [5.74, 6) is 0.492. The monoisotopic (exact) mass is 451 g/mol. The second-order valence-electron chi connectivity index (χ2n) is 8.69. The lowest BCUT2D eigenvalue weighted by molar-refractivity contribution is 0.380. The van der Waals surface area contributed by atoms with Gasteiger partial charge in [-0.1, -0.05) is 49.2 Å². The van der Waals surface area contributed by atoms with E-state index in [2.05, 4.69) is 32.5 Å². The highest BCUT2D eigenvalue weighted by Gasteiger charge is 2.25. The maximum atomic E-state index is 13.2. The molecule has 0 saturated carbocycles. The number of H-pyrrole nitrogens is 1. The van der Waals surface area contributed by atoms with E-state index >= 15 is 0 Å². The van der Waals surface area contributed by atoms with Crippen molar-refractivity contribution < 1.29 is 0 Å². The van der Waals surface area contributed by atoms with E-state index in [1.165, 1.54) is 0 Å². The fourth-order valence-electron chi connectivity index (χ4n) is 3.82. The normalized spacial score (nSPS) is 11.8. The van der Waals surface area contributed by atoms with Gasteiger partial charge in [-0.15, -0.1) is 10.2 Å². The van der Waals surface area contributed by atoms with E-state index in [1.54, 1.807) is 15.3 Å². The van der Waals surface area contributed by atoms with Gasteiger partial charge >= 0.3 is 5.69 Å². The van der Waals surface area contributed by atoms with Crippen LogP contribution in [0.4, 0.5) is 0 Å². The number of pyridine rings is 1. The Morgan fingerprint density at radius 3 is 2.50 bits per heavy atom. The third-order valence-electron chi connectivity index (χ3n) is 5.30. The lowest BCUT2D eigenvalue weighted by Crippen LogP contribution is -2.35. The van der Waals surface area contributed by atoms with E-state index in [0.717, 1.165) is 40.9 Å². The molecule has 0 saturated heterocycles. The lowest BCUT2D eigenvalue weighted by Gasteiger charge is -2.20. The number of aromatic amines is 1. The van der Waals surface area contributed by atoms with Crippen molar-refractivity contribution >= 4 is 11.6 Å². The predicted octanol–water partition coefficient (Wildman–Crippen LogP) is 4.30. The summed E-state index contributed by atoms with van der Waals surface area (Å²) in [5.41, 5.74) is 3.90. The molecule has 0 unspecified atom stereocenters. The molecule has 166 valence electrons. The Balaban J connectivity index is 1.69. The summed E-state index contributed by atoms with van der Waals surface area (Å²) in [7, 11) is 0. The van der Waals surface area contributed by atoms with Crippen LogP contribution in [0, 0.1) is 0 Å². The van der Waals surface area contributed by atoms with Gasteiger partial charge in [0, 0.05) is 22.9 Å². The largest absolute Gasteiger partial charge is 0.330 e. The SMILES string of the molecule is CCCc1c(Cl)n(C(C)(C)C)c(=O)n1Cc1ccc(-c2ncccc2-c2nn[nH]n2)cc1. The van der Waals surface area contributed by atoms with Crippen LogP contribution in [0.25, 0.3) is 22.6 Å². The minimum absolute atomic E-state index is 0.0841. The van der Waals surface area contributed by atoms with Gasteiger partial charge in [-0.2, -0.15) is 5.21 Å². The van der Waals surface area contributed by atoms with E-state index in [1.807, 2.05) is 57.2 Å². The molecule has 0 fully saturated rings. The van der Waals surface area contributed by atoms with Crippen LogP contribution in [-0.4, -0.2) is 34.7 Å². The van der Waals surface area contributed by atoms with E-state index in [0.29, 0.717) is 17.5 Å². The molecule has 0 atom stereocenters. The number of hydrogen-bond acceptors (Lipinski definition) is 5. The molecule has 4 rings (SSSR count). The van der Waals surface area contributed by atoms with Gasteiger partial charge in [0.15, 0.2) is 0 Å². The number of hydrogen-bond donors (Lipinski definition) is 1. The zero-order valence-electron chi connectivity index (χ0n) is 18.6. The van der Waals surface area contributed by atoms with Gasteiger partial charge < -0.3 is 0 Å². The maximum absolute atomic E-state index is 13.2. The van der Waals surface area contributed by atoms with Crippen LogP contribution in [0.15, 0.2) is 47.4 Å². The highest BCUT2D eigenvalue weighted by Crippen LogP contribution is 2.28. The van der Waals surface area contributed by atoms with Gasteiger partial charge in [0.05, 0.1) is 17.9 Å². The number of tetrazole rings is 1. The number of aromatic nitrogens is 7. The highest BCUT2D eigenvalue weighted by atomic mass is 35.5. The first kappa shape index (κ1) is 22.0. The fraction of sp³-hybridized carbons (Fsp3) is 0.348. The molecular formula is C23H26ClN7O. The highest BCUT2D eigenvalue weighted by molar-refractivity contribution is 6.30. The molecule has 0 spiro atoms. The van der Waals surface area contributed by atoms with Crippen LogP contribution in [0.3, 0.4) is 0 Å². The molecule has 0 amide bonds. The second-order valence-corrected chi connectivity index (χ2v) is 9.05. The number of imidazole rings is 1. The Labute approximate surface area is 191 Å². The number of nitrogens with zero attached hydrogens (tertiary/aromatic N) is 6. The number of halogens is 1. The van der Waals surface area contributed by atoms with Crippen LogP contribution in [0.1, 0.15) is 45.4 Å². The van der Waals surface area contributed by atoms with Crippen LogP contribution in [0.2, 0.25) is 5.15 Å². The van der Waals surface area contributed by atoms with Gasteiger partial charge in [0.25, 0.3) is 0 Å². The summed E-state index contributed by atoms with van der Waals surface area (Å²) in [6.07, 6.45) is 3.39. The smallest absolute Gasteiger partial charge is 0.290 e. The minimum Gasteiger partial charge on any atom is -0.290 e. The Bertz CT molecular complexity index is 1270. The average Bonchev–Trinajstić information content (AvgIpc) is 3.37. The standard InChI is InChI=1S/C23H26ClN7O/c1-5-7-18-20(24)31(23(2,3)4)22(32)30(18)14-15-9-11-16(12-10-15)19-17(8-6-13-25-19)21-26-28-29-27-21/h6,8-13H,5,7,14H2,1-4H3,(H,26,27,28,29). The van der Waals surface area contributed by atoms with E-state index in [-0.39, 0.29) is 5.69 Å². The zero-order chi connectivity index (χ0) is 22.9. The first-order valence-corrected chi connectivity index (χ1v) is 11.0. The fourth-order valence-corrected chi connectivity index (χ4v) is 4.34. The first-order chi connectivity index (χ1) is 15.3. The number of benzene rings is 1. The third kappa shape index (κ3) is 4.10. The molecule has 1 N–H and O–H groups in total. The molecule has 8 nitrogen and oxygen atoms in total. The van der Waals surface area contributed by atoms with Gasteiger partial charge in [-0.05, 0) is 50.1 Å². The molecule has 0 aliphatic carbocycles. The first-order valence-electron chi connectivity index (χ1n) is 10.6. The lowest BCUT2D eigenvalue weighted by atomic mass is 10.0. The topological polar surface area (TPSA) is 94.3 Å². The van der Waals surface area contributed by atoms with Crippen molar-refractivity contribution in [2.75, 3.05) is 0 Å². The molecule has 3 heterocycles. The van der Waals surface area contributed by atoms with Crippen LogP contribution in [-0.2, 0) is 18.5 Å². The molecule has 32 heavy (non-hydrogen) atoms. The molecule has 0 aliphatic rings. The third-order valence-corrected chi connectivity index (χ3v) is 5.69. The van der Waals surface area contributed by atoms with Crippen molar-refractivity contribution in [2.24, 2.45) is 0 Å². The Morgan fingerprint density at radius 2 is 1.88 bits per heavy atom. The van der Waals surface area contributed by atoms with Crippen molar-refractivity contribution in [1.29, 1.82) is 0 Å². The van der Waals surface area contributed by atoms with Gasteiger partial charge in [-0.25, -0.2) is 4.79 Å². The summed E-state index contributed by atoms with van der Waals surface area (Å²) in [5, 5.41) is 14.8. The predicted molar refractivity (Wildman–Crippen MR) is 125 cm³/mol. The average molecular weight is 452 g/mol. The Hall–Kier alpha value is -3.26. The van der Waals surface area contributed by atoms with Crippen molar-refractivity contribution in [3.63, 3.8) is 0 Å². The van der Waals surface area contributed by atoms with Crippen molar-refractivity contribution in [1.82, 2.24) is 34.7 Å². The maximum Gasteiger partial charge on any atom is 0.330 e. The summed E-state index contributed by atoms with van der Waals surface area (Å²) >= 11 is 6.65. The summed E-state index contributed by atoms with van der Waals surface area (Å²) in [6.45, 7) is 8.51. The molecule has 4 aromatic rings. The van der Waals surface area contributed by atoms with Crippen LogP contribution < -0.4 is 5.69 Å². The number of rotatable bonds is 6. The van der Waals surface area contributed by atoms with Crippen molar-refractivity contribution in [3.05, 3.63) is 69.5 Å². The van der Waals surface area contributed by atoms with Crippen LogP contribution >= 0.6 is 11.6 Å². The van der Waals surface area contributed by atoms with Crippen LogP contribution in [0.5, 0.6) is 0 Å². The number of nitrogens with one attached hydrogen (secondary N) is 1. The summed E-state index contributed by atoms with van der Waals surface area (Å²) in [6, 6.07) is 11.8. The molecular weight excluding hydrogens is 426 g/mol. The van der Waals surface area contributed by atoms with Crippen molar-refractivity contribution in [3.8, 4) is 22.6 Å². The van der Waals surface area contributed by atoms with E-state index in [9.17, 15) is 4.79 Å². The quantitative estimate of drug-likeness (QED) is 0.471. The summed E-state index contributed by atoms with van der Waals surface area (Å²) in [4.78, 5) is 17.7. The minimum atomic E-state index is -0.393. The van der Waals surface area contributed by atoms with E-state index < -0.39 is 5.54 Å². The van der Waals surface area contributed by atoms with Crippen molar-refractivity contribution in [2.45, 2.75) is 52.6 Å². The zero-order valence-corrected chi connectivity index (χ0v) is 19.4. The van der Waals surface area contributed by atoms with Gasteiger partial charge in [0.1, 0.15) is 5.15 Å². The second kappa shape index (κ2) is 8.70. The molecule has 0 aliphatic heterocycles.